The van der Waals surface area contributed by atoms with Crippen molar-refractivity contribution in [2.24, 2.45) is 0 Å². The van der Waals surface area contributed by atoms with Crippen molar-refractivity contribution in [2.75, 3.05) is 6.54 Å². The highest BCUT2D eigenvalue weighted by Gasteiger charge is 2.11. The minimum atomic E-state index is -0.539. The Balaban J connectivity index is 2.47. The smallest absolute Gasteiger partial charge is 0.254 e. The zero-order valence-corrected chi connectivity index (χ0v) is 10.8. The molecule has 17 heavy (non-hydrogen) atoms. The maximum absolute atomic E-state index is 13.3. The normalized spacial score (nSPS) is 9.71. The minimum Gasteiger partial charge on any atom is -0.352 e. The third-order valence-electron chi connectivity index (χ3n) is 2.17. The fraction of sp³-hybridized carbons (Fsp3) is 0.333. The predicted molar refractivity (Wildman–Crippen MR) is 65.9 cm³/mol. The number of nitrogens with one attached hydrogen (secondary N) is 1. The number of carbonyl (C=O) groups excluding carboxylic acids is 1. The zero-order valence-electron chi connectivity index (χ0n) is 9.17. The Hall–Kier alpha value is -1.41. The summed E-state index contributed by atoms with van der Waals surface area (Å²) in [4.78, 5) is 11.6. The number of amides is 1. The van der Waals surface area contributed by atoms with E-state index in [4.69, 9.17) is 5.26 Å². The quantitative estimate of drug-likeness (QED) is 0.850. The van der Waals surface area contributed by atoms with Gasteiger partial charge in [0.1, 0.15) is 5.82 Å². The van der Waals surface area contributed by atoms with Crippen molar-refractivity contribution in [1.29, 1.82) is 5.26 Å². The van der Waals surface area contributed by atoms with Crippen LogP contribution in [0.25, 0.3) is 0 Å². The molecule has 0 radical (unpaired) electrons. The first-order valence-electron chi connectivity index (χ1n) is 5.25. The largest absolute Gasteiger partial charge is 0.352 e. The van der Waals surface area contributed by atoms with Crippen molar-refractivity contribution < 1.29 is 9.18 Å². The summed E-state index contributed by atoms with van der Waals surface area (Å²) < 4.78 is 14.0. The second-order valence-electron chi connectivity index (χ2n) is 3.50. The summed E-state index contributed by atoms with van der Waals surface area (Å²) in [6, 6.07) is 6.26. The van der Waals surface area contributed by atoms with Gasteiger partial charge in [-0.25, -0.2) is 4.39 Å². The van der Waals surface area contributed by atoms with Gasteiger partial charge in [0, 0.05) is 17.4 Å². The summed E-state index contributed by atoms with van der Waals surface area (Å²) in [5.74, 6) is -0.969. The summed E-state index contributed by atoms with van der Waals surface area (Å²) in [5.41, 5.74) is 0.0275. The molecule has 0 saturated heterocycles. The van der Waals surface area contributed by atoms with Crippen LogP contribution >= 0.6 is 15.9 Å². The molecular weight excluding hydrogens is 287 g/mol. The van der Waals surface area contributed by atoms with E-state index in [1.54, 1.807) is 6.07 Å². The SMILES string of the molecule is N#CCCCCNC(=O)c1cc(Br)ccc1F. The Morgan fingerprint density at radius 3 is 2.94 bits per heavy atom. The summed E-state index contributed by atoms with van der Waals surface area (Å²) in [5, 5.41) is 10.9. The Morgan fingerprint density at radius 1 is 1.47 bits per heavy atom. The molecule has 5 heteroatoms. The molecule has 0 atom stereocenters. The molecule has 1 N–H and O–H groups in total. The first-order valence-corrected chi connectivity index (χ1v) is 6.04. The molecule has 90 valence electrons. The molecule has 3 nitrogen and oxygen atoms in total. The molecule has 0 fully saturated rings. The Bertz CT molecular complexity index is 443. The molecule has 0 unspecified atom stereocenters. The molecule has 0 aliphatic rings. The van der Waals surface area contributed by atoms with Crippen LogP contribution in [0.1, 0.15) is 29.6 Å². The van der Waals surface area contributed by atoms with Crippen molar-refractivity contribution in [2.45, 2.75) is 19.3 Å². The molecule has 0 bridgehead atoms. The summed E-state index contributed by atoms with van der Waals surface area (Å²) in [7, 11) is 0. The second kappa shape index (κ2) is 7.02. The predicted octanol–water partition coefficient (Wildman–Crippen LogP) is 3.01. The number of halogens is 2. The third kappa shape index (κ3) is 4.53. The van der Waals surface area contributed by atoms with Crippen LogP contribution < -0.4 is 5.32 Å². The van der Waals surface area contributed by atoms with Gasteiger partial charge in [-0.1, -0.05) is 15.9 Å². The molecule has 0 spiro atoms. The van der Waals surface area contributed by atoms with Gasteiger partial charge in [0.05, 0.1) is 11.6 Å². The van der Waals surface area contributed by atoms with E-state index in [1.165, 1.54) is 12.1 Å². The highest BCUT2D eigenvalue weighted by molar-refractivity contribution is 9.10. The van der Waals surface area contributed by atoms with Gasteiger partial charge < -0.3 is 5.32 Å². The molecule has 1 aromatic rings. The molecule has 0 aliphatic heterocycles. The number of nitriles is 1. The van der Waals surface area contributed by atoms with Crippen molar-refractivity contribution in [3.8, 4) is 6.07 Å². The fourth-order valence-electron chi connectivity index (χ4n) is 1.30. The van der Waals surface area contributed by atoms with Crippen LogP contribution in [0, 0.1) is 17.1 Å². The van der Waals surface area contributed by atoms with Gasteiger partial charge in [0.25, 0.3) is 5.91 Å². The fourth-order valence-corrected chi connectivity index (χ4v) is 1.66. The molecule has 1 rings (SSSR count). The van der Waals surface area contributed by atoms with E-state index >= 15 is 0 Å². The van der Waals surface area contributed by atoms with Crippen LogP contribution in [0.3, 0.4) is 0 Å². The molecule has 1 aromatic carbocycles. The monoisotopic (exact) mass is 298 g/mol. The lowest BCUT2D eigenvalue weighted by Crippen LogP contribution is -2.25. The van der Waals surface area contributed by atoms with Gasteiger partial charge in [-0.3, -0.25) is 4.79 Å². The van der Waals surface area contributed by atoms with Gasteiger partial charge in [-0.2, -0.15) is 5.26 Å². The van der Waals surface area contributed by atoms with Crippen LogP contribution in [-0.2, 0) is 0 Å². The first-order chi connectivity index (χ1) is 8.15. The molecule has 0 heterocycles. The van der Waals surface area contributed by atoms with E-state index in [0.29, 0.717) is 17.4 Å². The number of nitrogens with zero attached hydrogens (tertiary/aromatic N) is 1. The van der Waals surface area contributed by atoms with Crippen molar-refractivity contribution in [3.05, 3.63) is 34.1 Å². The number of hydrogen-bond donors (Lipinski definition) is 1. The Labute approximate surface area is 108 Å². The average molecular weight is 299 g/mol. The van der Waals surface area contributed by atoms with Crippen molar-refractivity contribution in [3.63, 3.8) is 0 Å². The maximum atomic E-state index is 13.3. The van der Waals surface area contributed by atoms with Gasteiger partial charge in [-0.15, -0.1) is 0 Å². The number of hydrogen-bond acceptors (Lipinski definition) is 2. The number of carbonyl (C=O) groups is 1. The molecule has 0 saturated carbocycles. The average Bonchev–Trinajstić information content (AvgIpc) is 2.32. The lowest BCUT2D eigenvalue weighted by atomic mass is 10.2. The number of rotatable bonds is 5. The summed E-state index contributed by atoms with van der Waals surface area (Å²) >= 11 is 3.18. The molecule has 1 amide bonds. The van der Waals surface area contributed by atoms with Crippen LogP contribution in [0.4, 0.5) is 4.39 Å². The van der Waals surface area contributed by atoms with E-state index in [2.05, 4.69) is 21.2 Å². The highest BCUT2D eigenvalue weighted by Crippen LogP contribution is 2.15. The summed E-state index contributed by atoms with van der Waals surface area (Å²) in [6.45, 7) is 0.451. The topological polar surface area (TPSA) is 52.9 Å². The highest BCUT2D eigenvalue weighted by atomic mass is 79.9. The van der Waals surface area contributed by atoms with Gasteiger partial charge >= 0.3 is 0 Å². The Morgan fingerprint density at radius 2 is 2.24 bits per heavy atom. The second-order valence-corrected chi connectivity index (χ2v) is 4.41. The van der Waals surface area contributed by atoms with E-state index in [1.807, 2.05) is 6.07 Å². The lowest BCUT2D eigenvalue weighted by Gasteiger charge is -2.05. The van der Waals surface area contributed by atoms with E-state index in [0.717, 1.165) is 12.8 Å². The van der Waals surface area contributed by atoms with Gasteiger partial charge in [-0.05, 0) is 31.0 Å². The standard InChI is InChI=1S/C12H12BrFN2O/c13-9-4-5-11(14)10(8-9)12(17)16-7-3-1-2-6-15/h4-5,8H,1-3,7H2,(H,16,17). The van der Waals surface area contributed by atoms with E-state index in [9.17, 15) is 9.18 Å². The molecule has 0 aromatic heterocycles. The van der Waals surface area contributed by atoms with Gasteiger partial charge in [0.15, 0.2) is 0 Å². The van der Waals surface area contributed by atoms with Crippen LogP contribution in [0.2, 0.25) is 0 Å². The minimum absolute atomic E-state index is 0.0275. The van der Waals surface area contributed by atoms with Crippen molar-refractivity contribution in [1.82, 2.24) is 5.32 Å². The van der Waals surface area contributed by atoms with Crippen molar-refractivity contribution >= 4 is 21.8 Å². The first kappa shape index (κ1) is 13.7. The molecular formula is C12H12BrFN2O. The van der Waals surface area contributed by atoms with Crippen LogP contribution in [0.15, 0.2) is 22.7 Å². The summed E-state index contributed by atoms with van der Waals surface area (Å²) in [6.07, 6.45) is 1.92. The van der Waals surface area contributed by atoms with E-state index < -0.39 is 11.7 Å². The Kier molecular flexibility index (Phi) is 5.64. The van der Waals surface area contributed by atoms with Gasteiger partial charge in [0.2, 0.25) is 0 Å². The van der Waals surface area contributed by atoms with Crippen LogP contribution in [0.5, 0.6) is 0 Å². The number of benzene rings is 1. The maximum Gasteiger partial charge on any atom is 0.254 e. The zero-order chi connectivity index (χ0) is 12.7. The number of unbranched alkanes of at least 4 members (excludes halogenated alkanes) is 2. The molecule has 0 aliphatic carbocycles. The third-order valence-corrected chi connectivity index (χ3v) is 2.67. The lowest BCUT2D eigenvalue weighted by molar-refractivity contribution is 0.0949. The van der Waals surface area contributed by atoms with E-state index in [-0.39, 0.29) is 5.56 Å². The van der Waals surface area contributed by atoms with Crippen LogP contribution in [-0.4, -0.2) is 12.5 Å².